The molecule has 2 aromatic heterocycles. The Morgan fingerprint density at radius 3 is 2.66 bits per heavy atom. The Bertz CT molecular complexity index is 1120. The number of aliphatic hydroxyl groups excluding tert-OH is 1. The number of fused-ring (bicyclic) bond motifs is 1. The fourth-order valence-corrected chi connectivity index (χ4v) is 3.45. The molecule has 0 saturated carbocycles. The van der Waals surface area contributed by atoms with Crippen molar-refractivity contribution in [3.8, 4) is 0 Å². The molecule has 0 radical (unpaired) electrons. The second-order valence-electron chi connectivity index (χ2n) is 6.83. The number of pyridine rings is 1. The van der Waals surface area contributed by atoms with E-state index in [9.17, 15) is 9.90 Å². The number of para-hydroxylation sites is 1. The van der Waals surface area contributed by atoms with Crippen LogP contribution in [0.25, 0.3) is 10.9 Å². The van der Waals surface area contributed by atoms with Crippen LogP contribution in [0.4, 0.5) is 0 Å². The van der Waals surface area contributed by atoms with Crippen molar-refractivity contribution in [2.45, 2.75) is 12.6 Å². The highest BCUT2D eigenvalue weighted by molar-refractivity contribution is 6.30. The lowest BCUT2D eigenvalue weighted by Crippen LogP contribution is -2.28. The van der Waals surface area contributed by atoms with Crippen LogP contribution in [0.3, 0.4) is 0 Å². The van der Waals surface area contributed by atoms with Gasteiger partial charge in [0, 0.05) is 53.2 Å². The Balaban J connectivity index is 1.55. The molecule has 1 amide bonds. The average Bonchev–Trinajstić information content (AvgIpc) is 3.12. The van der Waals surface area contributed by atoms with Crippen molar-refractivity contribution in [2.24, 2.45) is 0 Å². The minimum atomic E-state index is -0.810. The molecule has 1 unspecified atom stereocenters. The third-order valence-corrected chi connectivity index (χ3v) is 5.08. The standard InChI is InChI=1S/C23H20ClN3O2/c24-18-9-7-16(8-10-18)14-27-15-20(19-5-1-2-6-21(19)27)23(29)26-13-22(28)17-4-3-11-25-12-17/h1-12,15,22,28H,13-14H2,(H,26,29). The van der Waals surface area contributed by atoms with Crippen LogP contribution in [0.15, 0.2) is 79.3 Å². The summed E-state index contributed by atoms with van der Waals surface area (Å²) >= 11 is 5.98. The van der Waals surface area contributed by atoms with E-state index in [1.54, 1.807) is 24.5 Å². The second-order valence-corrected chi connectivity index (χ2v) is 7.26. The van der Waals surface area contributed by atoms with E-state index >= 15 is 0 Å². The normalized spacial score (nSPS) is 12.1. The van der Waals surface area contributed by atoms with Crippen LogP contribution in [0, 0.1) is 0 Å². The van der Waals surface area contributed by atoms with Gasteiger partial charge in [0.15, 0.2) is 0 Å². The molecule has 146 valence electrons. The van der Waals surface area contributed by atoms with E-state index in [1.807, 2.05) is 59.3 Å². The first kappa shape index (κ1) is 19.2. The Hall–Kier alpha value is -3.15. The van der Waals surface area contributed by atoms with Gasteiger partial charge in [0.2, 0.25) is 0 Å². The molecule has 0 spiro atoms. The van der Waals surface area contributed by atoms with E-state index < -0.39 is 6.10 Å². The van der Waals surface area contributed by atoms with Crippen molar-refractivity contribution in [1.82, 2.24) is 14.9 Å². The van der Waals surface area contributed by atoms with Crippen molar-refractivity contribution >= 4 is 28.4 Å². The summed E-state index contributed by atoms with van der Waals surface area (Å²) in [4.78, 5) is 16.8. The molecule has 4 aromatic rings. The Morgan fingerprint density at radius 1 is 1.10 bits per heavy atom. The van der Waals surface area contributed by atoms with E-state index in [4.69, 9.17) is 11.6 Å². The van der Waals surface area contributed by atoms with E-state index in [0.29, 0.717) is 22.7 Å². The van der Waals surface area contributed by atoms with Crippen LogP contribution in [0.1, 0.15) is 27.6 Å². The fraction of sp³-hybridized carbons (Fsp3) is 0.130. The van der Waals surface area contributed by atoms with Crippen LogP contribution in [-0.4, -0.2) is 27.1 Å². The Morgan fingerprint density at radius 2 is 1.90 bits per heavy atom. The summed E-state index contributed by atoms with van der Waals surface area (Å²) in [5, 5.41) is 14.7. The lowest BCUT2D eigenvalue weighted by molar-refractivity contribution is 0.0917. The first-order chi connectivity index (χ1) is 14.1. The highest BCUT2D eigenvalue weighted by Gasteiger charge is 2.16. The maximum absolute atomic E-state index is 12.8. The molecule has 0 bridgehead atoms. The van der Waals surface area contributed by atoms with Gasteiger partial charge in [0.05, 0.1) is 11.7 Å². The molecule has 6 heteroatoms. The van der Waals surface area contributed by atoms with Crippen molar-refractivity contribution in [1.29, 1.82) is 0 Å². The van der Waals surface area contributed by atoms with E-state index in [2.05, 4.69) is 10.3 Å². The lowest BCUT2D eigenvalue weighted by Gasteiger charge is -2.11. The SMILES string of the molecule is O=C(NCC(O)c1cccnc1)c1cn(Cc2ccc(Cl)cc2)c2ccccc12. The van der Waals surface area contributed by atoms with Crippen molar-refractivity contribution in [3.05, 3.63) is 101 Å². The van der Waals surface area contributed by atoms with Gasteiger partial charge in [-0.2, -0.15) is 0 Å². The number of aromatic nitrogens is 2. The lowest BCUT2D eigenvalue weighted by atomic mass is 10.1. The molecule has 2 N–H and O–H groups in total. The van der Waals surface area contributed by atoms with Crippen molar-refractivity contribution < 1.29 is 9.90 Å². The highest BCUT2D eigenvalue weighted by Crippen LogP contribution is 2.23. The largest absolute Gasteiger partial charge is 0.387 e. The molecule has 2 aromatic carbocycles. The quantitative estimate of drug-likeness (QED) is 0.505. The smallest absolute Gasteiger partial charge is 0.253 e. The van der Waals surface area contributed by atoms with Crippen LogP contribution in [0.2, 0.25) is 5.02 Å². The van der Waals surface area contributed by atoms with E-state index in [0.717, 1.165) is 16.5 Å². The summed E-state index contributed by atoms with van der Waals surface area (Å²) in [5.74, 6) is -0.223. The van der Waals surface area contributed by atoms with Gasteiger partial charge < -0.3 is 15.0 Å². The summed E-state index contributed by atoms with van der Waals surface area (Å²) in [6.45, 7) is 0.741. The first-order valence-electron chi connectivity index (χ1n) is 9.30. The van der Waals surface area contributed by atoms with Gasteiger partial charge in [-0.3, -0.25) is 9.78 Å². The molecule has 0 aliphatic heterocycles. The molecule has 0 fully saturated rings. The third kappa shape index (κ3) is 4.31. The number of halogens is 1. The number of nitrogens with one attached hydrogen (secondary N) is 1. The topological polar surface area (TPSA) is 67.2 Å². The van der Waals surface area contributed by atoms with Gasteiger partial charge in [-0.15, -0.1) is 0 Å². The molecule has 0 aliphatic carbocycles. The molecule has 1 atom stereocenters. The molecule has 0 aliphatic rings. The maximum atomic E-state index is 12.8. The summed E-state index contributed by atoms with van der Waals surface area (Å²) in [7, 11) is 0. The number of hydrogen-bond acceptors (Lipinski definition) is 3. The maximum Gasteiger partial charge on any atom is 0.253 e. The Labute approximate surface area is 173 Å². The fourth-order valence-electron chi connectivity index (χ4n) is 3.32. The molecule has 2 heterocycles. The number of aliphatic hydroxyl groups is 1. The molecular weight excluding hydrogens is 386 g/mol. The Kier molecular flexibility index (Phi) is 5.60. The number of carbonyl (C=O) groups is 1. The predicted octanol–water partition coefficient (Wildman–Crippen LogP) is 4.20. The van der Waals surface area contributed by atoms with Gasteiger partial charge in [-0.25, -0.2) is 0 Å². The summed E-state index contributed by atoms with van der Waals surface area (Å²) in [6, 6.07) is 19.0. The molecule has 29 heavy (non-hydrogen) atoms. The average molecular weight is 406 g/mol. The predicted molar refractivity (Wildman–Crippen MR) is 114 cm³/mol. The minimum Gasteiger partial charge on any atom is -0.387 e. The number of nitrogens with zero attached hydrogens (tertiary/aromatic N) is 2. The first-order valence-corrected chi connectivity index (χ1v) is 9.68. The number of rotatable bonds is 6. The van der Waals surface area contributed by atoms with Crippen LogP contribution in [-0.2, 0) is 6.54 Å². The summed E-state index contributed by atoms with van der Waals surface area (Å²) in [6.07, 6.45) is 4.28. The van der Waals surface area contributed by atoms with Gasteiger partial charge in [-0.05, 0) is 29.8 Å². The molecular formula is C23H20ClN3O2. The summed E-state index contributed by atoms with van der Waals surface area (Å²) in [5.41, 5.74) is 3.31. The van der Waals surface area contributed by atoms with Gasteiger partial charge in [0.25, 0.3) is 5.91 Å². The number of hydrogen-bond donors (Lipinski definition) is 2. The molecule has 4 rings (SSSR count). The third-order valence-electron chi connectivity index (χ3n) is 4.82. The second kappa shape index (κ2) is 8.47. The van der Waals surface area contributed by atoms with Crippen molar-refractivity contribution in [2.75, 3.05) is 6.54 Å². The number of benzene rings is 2. The van der Waals surface area contributed by atoms with Gasteiger partial charge in [-0.1, -0.05) is 48.0 Å². The monoisotopic (exact) mass is 405 g/mol. The summed E-state index contributed by atoms with van der Waals surface area (Å²) < 4.78 is 2.05. The van der Waals surface area contributed by atoms with Crippen LogP contribution < -0.4 is 5.32 Å². The van der Waals surface area contributed by atoms with Crippen LogP contribution in [0.5, 0.6) is 0 Å². The van der Waals surface area contributed by atoms with E-state index in [-0.39, 0.29) is 12.5 Å². The van der Waals surface area contributed by atoms with Crippen LogP contribution >= 0.6 is 11.6 Å². The molecule has 5 nitrogen and oxygen atoms in total. The number of carbonyl (C=O) groups excluding carboxylic acids is 1. The van der Waals surface area contributed by atoms with E-state index in [1.165, 1.54) is 0 Å². The zero-order chi connectivity index (χ0) is 20.2. The molecule has 0 saturated heterocycles. The minimum absolute atomic E-state index is 0.112. The van der Waals surface area contributed by atoms with Crippen molar-refractivity contribution in [3.63, 3.8) is 0 Å². The van der Waals surface area contributed by atoms with Gasteiger partial charge in [0.1, 0.15) is 0 Å². The van der Waals surface area contributed by atoms with Gasteiger partial charge >= 0.3 is 0 Å². The zero-order valence-electron chi connectivity index (χ0n) is 15.6. The zero-order valence-corrected chi connectivity index (χ0v) is 16.4. The highest BCUT2D eigenvalue weighted by atomic mass is 35.5. The number of amides is 1.